The van der Waals surface area contributed by atoms with Gasteiger partial charge in [0.05, 0.1) is 0 Å². The summed E-state index contributed by atoms with van der Waals surface area (Å²) >= 11 is 0. The third-order valence-electron chi connectivity index (χ3n) is 3.98. The summed E-state index contributed by atoms with van der Waals surface area (Å²) in [5.41, 5.74) is 3.08. The molecule has 0 amide bonds. The number of hydrogen-bond donors (Lipinski definition) is 0. The van der Waals surface area contributed by atoms with Gasteiger partial charge < -0.3 is 4.90 Å². The van der Waals surface area contributed by atoms with Crippen LogP contribution in [0.2, 0.25) is 0 Å². The van der Waals surface area contributed by atoms with Crippen molar-refractivity contribution in [1.82, 2.24) is 9.80 Å². The Morgan fingerprint density at radius 1 is 1.12 bits per heavy atom. The van der Waals surface area contributed by atoms with E-state index in [1.54, 1.807) is 0 Å². The van der Waals surface area contributed by atoms with Crippen molar-refractivity contribution in [3.63, 3.8) is 0 Å². The molecular weight excluding hydrogens is 196 g/mol. The highest BCUT2D eigenvalue weighted by Crippen LogP contribution is 2.27. The van der Waals surface area contributed by atoms with E-state index in [0.29, 0.717) is 0 Å². The quantitative estimate of drug-likeness (QED) is 0.709. The van der Waals surface area contributed by atoms with Gasteiger partial charge >= 0.3 is 0 Å². The van der Waals surface area contributed by atoms with Gasteiger partial charge in [0.25, 0.3) is 0 Å². The number of hydrogen-bond acceptors (Lipinski definition) is 2. The lowest BCUT2D eigenvalue weighted by molar-refractivity contribution is 0.111. The molecule has 2 aliphatic rings. The zero-order valence-corrected chi connectivity index (χ0v) is 10.0. The van der Waals surface area contributed by atoms with Gasteiger partial charge in [-0.05, 0) is 37.6 Å². The number of likely N-dealkylation sites (N-methyl/N-ethyl adjacent to an activating group) is 1. The van der Waals surface area contributed by atoms with Gasteiger partial charge in [-0.25, -0.2) is 0 Å². The Kier molecular flexibility index (Phi) is 2.70. The van der Waals surface area contributed by atoms with Gasteiger partial charge in [-0.3, -0.25) is 4.90 Å². The van der Waals surface area contributed by atoms with Crippen LogP contribution < -0.4 is 0 Å². The zero-order valence-electron chi connectivity index (χ0n) is 10.0. The van der Waals surface area contributed by atoms with Crippen molar-refractivity contribution in [2.24, 2.45) is 0 Å². The van der Waals surface area contributed by atoms with Crippen molar-refractivity contribution >= 4 is 0 Å². The van der Waals surface area contributed by atoms with Gasteiger partial charge in [-0.15, -0.1) is 0 Å². The molecule has 0 saturated carbocycles. The first-order valence-electron chi connectivity index (χ1n) is 6.32. The summed E-state index contributed by atoms with van der Waals surface area (Å²) in [7, 11) is 2.25. The summed E-state index contributed by atoms with van der Waals surface area (Å²) in [6.45, 7) is 4.84. The Morgan fingerprint density at radius 2 is 1.81 bits per heavy atom. The molecule has 0 spiro atoms. The summed E-state index contributed by atoms with van der Waals surface area (Å²) in [6.07, 6.45) is 2.73. The second-order valence-corrected chi connectivity index (χ2v) is 5.23. The number of nitrogens with zero attached hydrogens (tertiary/aromatic N) is 2. The van der Waals surface area contributed by atoms with E-state index in [1.165, 1.54) is 37.1 Å². The van der Waals surface area contributed by atoms with Crippen LogP contribution in [0.4, 0.5) is 0 Å². The van der Waals surface area contributed by atoms with Crippen molar-refractivity contribution in [3.8, 4) is 0 Å². The summed E-state index contributed by atoms with van der Waals surface area (Å²) < 4.78 is 0. The maximum Gasteiger partial charge on any atom is 0.0244 e. The van der Waals surface area contributed by atoms with Crippen LogP contribution in [0.25, 0.3) is 0 Å². The molecule has 0 bridgehead atoms. The fourth-order valence-electron chi connectivity index (χ4n) is 3.05. The number of rotatable bonds is 1. The first-order valence-corrected chi connectivity index (χ1v) is 6.32. The molecule has 1 fully saturated rings. The highest BCUT2D eigenvalue weighted by atomic mass is 15.2. The van der Waals surface area contributed by atoms with Gasteiger partial charge in [-0.1, -0.05) is 24.3 Å². The molecule has 3 rings (SSSR count). The molecule has 1 aromatic rings. The molecule has 2 nitrogen and oxygen atoms in total. The molecule has 1 unspecified atom stereocenters. The standard InChI is InChI=1S/C14H20N2/c1-15-8-4-7-14(11-15)16-9-12-5-2-3-6-13(12)10-16/h2-3,5-6,14H,4,7-11H2,1H3. The minimum atomic E-state index is 0.770. The monoisotopic (exact) mass is 216 g/mol. The van der Waals surface area contributed by atoms with Crippen molar-refractivity contribution in [2.45, 2.75) is 32.0 Å². The molecule has 1 aromatic carbocycles. The molecule has 0 aromatic heterocycles. The Hall–Kier alpha value is -0.860. The maximum atomic E-state index is 2.65. The summed E-state index contributed by atoms with van der Waals surface area (Å²) in [4.78, 5) is 5.12. The minimum Gasteiger partial charge on any atom is -0.305 e. The minimum absolute atomic E-state index is 0.770. The van der Waals surface area contributed by atoms with Crippen LogP contribution in [-0.4, -0.2) is 36.0 Å². The van der Waals surface area contributed by atoms with E-state index in [1.807, 2.05) is 0 Å². The molecule has 1 atom stereocenters. The van der Waals surface area contributed by atoms with Crippen molar-refractivity contribution in [1.29, 1.82) is 0 Å². The third-order valence-corrected chi connectivity index (χ3v) is 3.98. The topological polar surface area (TPSA) is 6.48 Å². The van der Waals surface area contributed by atoms with Crippen LogP contribution in [-0.2, 0) is 13.1 Å². The van der Waals surface area contributed by atoms with Crippen LogP contribution >= 0.6 is 0 Å². The summed E-state index contributed by atoms with van der Waals surface area (Å²) in [5, 5.41) is 0. The average molecular weight is 216 g/mol. The zero-order chi connectivity index (χ0) is 11.0. The molecule has 0 aliphatic carbocycles. The second-order valence-electron chi connectivity index (χ2n) is 5.23. The smallest absolute Gasteiger partial charge is 0.0244 e. The fraction of sp³-hybridized carbons (Fsp3) is 0.571. The van der Waals surface area contributed by atoms with Crippen LogP contribution in [0.15, 0.2) is 24.3 Å². The van der Waals surface area contributed by atoms with E-state index in [4.69, 9.17) is 0 Å². The molecule has 2 heterocycles. The molecule has 16 heavy (non-hydrogen) atoms. The van der Waals surface area contributed by atoms with E-state index in [0.717, 1.165) is 19.1 Å². The Morgan fingerprint density at radius 3 is 2.44 bits per heavy atom. The van der Waals surface area contributed by atoms with Crippen LogP contribution in [0, 0.1) is 0 Å². The van der Waals surface area contributed by atoms with E-state index in [-0.39, 0.29) is 0 Å². The number of likely N-dealkylation sites (tertiary alicyclic amines) is 1. The molecule has 1 saturated heterocycles. The Balaban J connectivity index is 1.71. The second kappa shape index (κ2) is 4.19. The van der Waals surface area contributed by atoms with Gasteiger partial charge in [0.15, 0.2) is 0 Å². The predicted octanol–water partition coefficient (Wildman–Crippen LogP) is 2.10. The fourth-order valence-corrected chi connectivity index (χ4v) is 3.05. The van der Waals surface area contributed by atoms with Crippen LogP contribution in [0.1, 0.15) is 24.0 Å². The summed E-state index contributed by atoms with van der Waals surface area (Å²) in [6, 6.07) is 9.65. The van der Waals surface area contributed by atoms with E-state index in [9.17, 15) is 0 Å². The van der Waals surface area contributed by atoms with Gasteiger partial charge in [0.2, 0.25) is 0 Å². The van der Waals surface area contributed by atoms with Crippen LogP contribution in [0.3, 0.4) is 0 Å². The largest absolute Gasteiger partial charge is 0.305 e. The van der Waals surface area contributed by atoms with Gasteiger partial charge in [0, 0.05) is 25.7 Å². The van der Waals surface area contributed by atoms with Crippen molar-refractivity contribution in [3.05, 3.63) is 35.4 Å². The molecular formula is C14H20N2. The molecule has 0 radical (unpaired) electrons. The van der Waals surface area contributed by atoms with E-state index in [2.05, 4.69) is 41.1 Å². The van der Waals surface area contributed by atoms with Crippen molar-refractivity contribution in [2.75, 3.05) is 20.1 Å². The van der Waals surface area contributed by atoms with Gasteiger partial charge in [0.1, 0.15) is 0 Å². The highest BCUT2D eigenvalue weighted by molar-refractivity contribution is 5.30. The lowest BCUT2D eigenvalue weighted by atomic mass is 10.1. The Labute approximate surface area is 97.9 Å². The molecule has 0 N–H and O–H groups in total. The van der Waals surface area contributed by atoms with Crippen LogP contribution in [0.5, 0.6) is 0 Å². The molecule has 86 valence electrons. The Bertz CT molecular complexity index is 350. The third kappa shape index (κ3) is 1.87. The number of piperidine rings is 1. The van der Waals surface area contributed by atoms with Gasteiger partial charge in [-0.2, -0.15) is 0 Å². The first kappa shape index (κ1) is 10.3. The maximum absolute atomic E-state index is 2.65. The van der Waals surface area contributed by atoms with E-state index < -0.39 is 0 Å². The van der Waals surface area contributed by atoms with Crippen molar-refractivity contribution < 1.29 is 0 Å². The molecule has 2 heteroatoms. The average Bonchev–Trinajstić information content (AvgIpc) is 2.72. The lowest BCUT2D eigenvalue weighted by Gasteiger charge is -2.35. The van der Waals surface area contributed by atoms with E-state index >= 15 is 0 Å². The lowest BCUT2D eigenvalue weighted by Crippen LogP contribution is -2.44. The first-order chi connectivity index (χ1) is 7.83. The normalized spacial score (nSPS) is 26.9. The SMILES string of the molecule is CN1CCCC(N2Cc3ccccc3C2)C1. The predicted molar refractivity (Wildman–Crippen MR) is 66.2 cm³/mol. The highest BCUT2D eigenvalue weighted by Gasteiger charge is 2.27. The number of fused-ring (bicyclic) bond motifs is 1. The molecule has 2 aliphatic heterocycles. The summed E-state index contributed by atoms with van der Waals surface area (Å²) in [5.74, 6) is 0. The number of benzene rings is 1.